The van der Waals surface area contributed by atoms with Crippen molar-refractivity contribution >= 4 is 15.8 Å². The highest BCUT2D eigenvalue weighted by Gasteiger charge is 2.20. The van der Waals surface area contributed by atoms with Gasteiger partial charge in [-0.05, 0) is 17.5 Å². The lowest BCUT2D eigenvalue weighted by Gasteiger charge is -2.26. The number of rotatable bonds is 6. The van der Waals surface area contributed by atoms with Crippen molar-refractivity contribution in [1.82, 2.24) is 15.5 Å². The van der Waals surface area contributed by atoms with Crippen LogP contribution in [0.25, 0.3) is 0 Å². The Labute approximate surface area is 145 Å². The third-order valence-electron chi connectivity index (χ3n) is 4.33. The van der Waals surface area contributed by atoms with E-state index in [9.17, 15) is 8.42 Å². The lowest BCUT2D eigenvalue weighted by Crippen LogP contribution is -2.45. The van der Waals surface area contributed by atoms with Crippen molar-refractivity contribution in [2.24, 2.45) is 4.99 Å². The van der Waals surface area contributed by atoms with Gasteiger partial charge in [0, 0.05) is 39.8 Å². The molecule has 1 aliphatic heterocycles. The molecule has 0 spiro atoms. The van der Waals surface area contributed by atoms with Crippen LogP contribution in [-0.2, 0) is 22.8 Å². The molecule has 7 heteroatoms. The first-order chi connectivity index (χ1) is 11.5. The summed E-state index contributed by atoms with van der Waals surface area (Å²) in [5.41, 5.74) is 2.62. The fourth-order valence-corrected chi connectivity index (χ4v) is 4.06. The molecule has 1 fully saturated rings. The first kappa shape index (κ1) is 18.7. The van der Waals surface area contributed by atoms with E-state index in [1.165, 1.54) is 11.1 Å². The van der Waals surface area contributed by atoms with Crippen molar-refractivity contribution in [3.05, 3.63) is 35.4 Å². The predicted molar refractivity (Wildman–Crippen MR) is 99.1 cm³/mol. The van der Waals surface area contributed by atoms with Crippen LogP contribution in [0.4, 0.5) is 0 Å². The van der Waals surface area contributed by atoms with Crippen LogP contribution in [0.15, 0.2) is 29.3 Å². The maximum atomic E-state index is 11.4. The van der Waals surface area contributed by atoms with Crippen molar-refractivity contribution in [2.75, 3.05) is 44.7 Å². The van der Waals surface area contributed by atoms with Crippen molar-refractivity contribution in [3.63, 3.8) is 0 Å². The molecule has 0 aliphatic carbocycles. The summed E-state index contributed by atoms with van der Waals surface area (Å²) in [5.74, 6) is 1.31. The topological polar surface area (TPSA) is 73.8 Å². The summed E-state index contributed by atoms with van der Waals surface area (Å²) in [4.78, 5) is 6.42. The molecule has 1 aromatic carbocycles. The summed E-state index contributed by atoms with van der Waals surface area (Å²) in [6, 6.07) is 8.40. The molecule has 0 bridgehead atoms. The zero-order chi connectivity index (χ0) is 17.4. The summed E-state index contributed by atoms with van der Waals surface area (Å²) in [6.07, 6.45) is 1.02. The van der Waals surface area contributed by atoms with Gasteiger partial charge in [-0.25, -0.2) is 8.42 Å². The first-order valence-corrected chi connectivity index (χ1v) is 10.3. The van der Waals surface area contributed by atoms with E-state index in [1.54, 1.807) is 7.05 Å². The van der Waals surface area contributed by atoms with Crippen LogP contribution in [-0.4, -0.2) is 64.0 Å². The molecular formula is C17H28N4O2S. The van der Waals surface area contributed by atoms with E-state index in [0.29, 0.717) is 13.1 Å². The number of nitrogens with one attached hydrogen (secondary N) is 2. The predicted octanol–water partition coefficient (Wildman–Crippen LogP) is 0.644. The van der Waals surface area contributed by atoms with Gasteiger partial charge in [0.2, 0.25) is 0 Å². The van der Waals surface area contributed by atoms with Gasteiger partial charge in [-0.15, -0.1) is 0 Å². The summed E-state index contributed by atoms with van der Waals surface area (Å²) in [7, 11) is -1.05. The van der Waals surface area contributed by atoms with Gasteiger partial charge < -0.3 is 10.6 Å². The SMILES string of the molecule is CCc1ccccc1CNC(=NC)NCCN1CCS(=O)(=O)CC1. The third kappa shape index (κ3) is 5.79. The quantitative estimate of drug-likeness (QED) is 0.581. The molecule has 0 unspecified atom stereocenters. The largest absolute Gasteiger partial charge is 0.355 e. The van der Waals surface area contributed by atoms with Crippen LogP contribution in [0, 0.1) is 0 Å². The number of hydrogen-bond acceptors (Lipinski definition) is 4. The van der Waals surface area contributed by atoms with E-state index >= 15 is 0 Å². The Balaban J connectivity index is 1.73. The summed E-state index contributed by atoms with van der Waals surface area (Å²) in [6.45, 7) is 5.72. The van der Waals surface area contributed by atoms with Crippen molar-refractivity contribution in [1.29, 1.82) is 0 Å². The summed E-state index contributed by atoms with van der Waals surface area (Å²) in [5, 5.41) is 6.63. The molecule has 6 nitrogen and oxygen atoms in total. The van der Waals surface area contributed by atoms with Gasteiger partial charge in [-0.3, -0.25) is 9.89 Å². The Morgan fingerprint density at radius 3 is 2.46 bits per heavy atom. The average molecular weight is 353 g/mol. The Morgan fingerprint density at radius 1 is 1.17 bits per heavy atom. The molecule has 0 saturated carbocycles. The lowest BCUT2D eigenvalue weighted by molar-refractivity contribution is 0.299. The highest BCUT2D eigenvalue weighted by molar-refractivity contribution is 7.91. The van der Waals surface area contributed by atoms with E-state index in [1.807, 2.05) is 0 Å². The third-order valence-corrected chi connectivity index (χ3v) is 5.94. The van der Waals surface area contributed by atoms with Crippen LogP contribution in [0.1, 0.15) is 18.1 Å². The second-order valence-corrected chi connectivity index (χ2v) is 8.27. The number of guanidine groups is 1. The van der Waals surface area contributed by atoms with E-state index in [4.69, 9.17) is 0 Å². The van der Waals surface area contributed by atoms with E-state index in [-0.39, 0.29) is 11.5 Å². The number of benzene rings is 1. The molecule has 2 rings (SSSR count). The maximum Gasteiger partial charge on any atom is 0.191 e. The molecule has 0 radical (unpaired) electrons. The molecule has 1 saturated heterocycles. The van der Waals surface area contributed by atoms with Gasteiger partial charge in [0.1, 0.15) is 0 Å². The Hall–Kier alpha value is -1.60. The summed E-state index contributed by atoms with van der Waals surface area (Å²) >= 11 is 0. The van der Waals surface area contributed by atoms with Gasteiger partial charge in [-0.2, -0.15) is 0 Å². The van der Waals surface area contributed by atoms with Gasteiger partial charge in [0.15, 0.2) is 15.8 Å². The fourth-order valence-electron chi connectivity index (χ4n) is 2.78. The molecule has 24 heavy (non-hydrogen) atoms. The Kier molecular flexibility index (Phi) is 7.05. The molecular weight excluding hydrogens is 324 g/mol. The molecule has 2 N–H and O–H groups in total. The van der Waals surface area contributed by atoms with Gasteiger partial charge in [0.05, 0.1) is 11.5 Å². The van der Waals surface area contributed by atoms with Crippen molar-refractivity contribution < 1.29 is 8.42 Å². The van der Waals surface area contributed by atoms with Crippen LogP contribution in [0.5, 0.6) is 0 Å². The zero-order valence-corrected chi connectivity index (χ0v) is 15.4. The molecule has 1 aromatic rings. The molecule has 1 heterocycles. The second-order valence-electron chi connectivity index (χ2n) is 5.97. The number of aryl methyl sites for hydroxylation is 1. The Bertz CT molecular complexity index is 644. The number of aliphatic imine (C=N–C) groups is 1. The van der Waals surface area contributed by atoms with E-state index < -0.39 is 9.84 Å². The molecule has 0 atom stereocenters. The van der Waals surface area contributed by atoms with Crippen molar-refractivity contribution in [3.8, 4) is 0 Å². The minimum atomic E-state index is -2.81. The number of sulfone groups is 1. The standard InChI is InChI=1S/C17H28N4O2S/c1-3-15-6-4-5-7-16(15)14-20-17(18-2)19-8-9-21-10-12-24(22,23)13-11-21/h4-7H,3,8-14H2,1-2H3,(H2,18,19,20). The summed E-state index contributed by atoms with van der Waals surface area (Å²) < 4.78 is 22.9. The van der Waals surface area contributed by atoms with E-state index in [2.05, 4.69) is 51.7 Å². The van der Waals surface area contributed by atoms with E-state index in [0.717, 1.165) is 32.0 Å². The fraction of sp³-hybridized carbons (Fsp3) is 0.588. The normalized spacial score (nSPS) is 18.3. The molecule has 0 aromatic heterocycles. The van der Waals surface area contributed by atoms with Crippen molar-refractivity contribution in [2.45, 2.75) is 19.9 Å². The van der Waals surface area contributed by atoms with Gasteiger partial charge in [0.25, 0.3) is 0 Å². The average Bonchev–Trinajstić information content (AvgIpc) is 2.59. The highest BCUT2D eigenvalue weighted by Crippen LogP contribution is 2.08. The minimum Gasteiger partial charge on any atom is -0.355 e. The molecule has 134 valence electrons. The minimum absolute atomic E-state index is 0.272. The zero-order valence-electron chi connectivity index (χ0n) is 14.6. The second kappa shape index (κ2) is 9.03. The van der Waals surface area contributed by atoms with Crippen LogP contribution < -0.4 is 10.6 Å². The monoisotopic (exact) mass is 352 g/mol. The highest BCUT2D eigenvalue weighted by atomic mass is 32.2. The smallest absolute Gasteiger partial charge is 0.191 e. The van der Waals surface area contributed by atoms with Gasteiger partial charge >= 0.3 is 0 Å². The molecule has 1 aliphatic rings. The number of hydrogen-bond donors (Lipinski definition) is 2. The van der Waals surface area contributed by atoms with Crippen LogP contribution in [0.3, 0.4) is 0 Å². The Morgan fingerprint density at radius 2 is 1.83 bits per heavy atom. The van der Waals surface area contributed by atoms with Crippen LogP contribution >= 0.6 is 0 Å². The number of nitrogens with zero attached hydrogens (tertiary/aromatic N) is 2. The molecule has 0 amide bonds. The van der Waals surface area contributed by atoms with Crippen LogP contribution in [0.2, 0.25) is 0 Å². The first-order valence-electron chi connectivity index (χ1n) is 8.48. The lowest BCUT2D eigenvalue weighted by atomic mass is 10.1. The van der Waals surface area contributed by atoms with Gasteiger partial charge in [-0.1, -0.05) is 31.2 Å². The maximum absolute atomic E-state index is 11.4.